The number of hydrogen-bond donors (Lipinski definition) is 1. The molecule has 1 aromatic rings. The summed E-state index contributed by atoms with van der Waals surface area (Å²) in [6.07, 6.45) is 2.57. The second-order valence-corrected chi connectivity index (χ2v) is 5.07. The summed E-state index contributed by atoms with van der Waals surface area (Å²) in [6.45, 7) is 9.35. The standard InChI is InChI=1S/C13H24N4/c1-3-17-13(7-11(2)15-17)10-16-6-4-5-12(8-14)9-16/h7,12H,3-6,8-10,14H2,1-2H3. The van der Waals surface area contributed by atoms with Gasteiger partial charge in [-0.1, -0.05) is 0 Å². The van der Waals surface area contributed by atoms with Crippen LogP contribution in [0.25, 0.3) is 0 Å². The second-order valence-electron chi connectivity index (χ2n) is 5.07. The maximum Gasteiger partial charge on any atom is 0.0597 e. The predicted octanol–water partition coefficient (Wildman–Crippen LogP) is 1.38. The lowest BCUT2D eigenvalue weighted by atomic mass is 9.98. The zero-order valence-electron chi connectivity index (χ0n) is 11.0. The Kier molecular flexibility index (Phi) is 4.18. The third-order valence-electron chi connectivity index (χ3n) is 3.61. The van der Waals surface area contributed by atoms with E-state index in [1.165, 1.54) is 25.1 Å². The number of aromatic nitrogens is 2. The van der Waals surface area contributed by atoms with E-state index in [0.29, 0.717) is 5.92 Å². The summed E-state index contributed by atoms with van der Waals surface area (Å²) in [5.74, 6) is 0.683. The van der Waals surface area contributed by atoms with Crippen molar-refractivity contribution in [3.63, 3.8) is 0 Å². The molecule has 2 N–H and O–H groups in total. The maximum atomic E-state index is 5.77. The molecule has 0 spiro atoms. The predicted molar refractivity (Wildman–Crippen MR) is 69.7 cm³/mol. The number of likely N-dealkylation sites (tertiary alicyclic amines) is 1. The first-order valence-electron chi connectivity index (χ1n) is 6.68. The maximum absolute atomic E-state index is 5.77. The van der Waals surface area contributed by atoms with Gasteiger partial charge in [-0.3, -0.25) is 9.58 Å². The molecule has 4 nitrogen and oxygen atoms in total. The Morgan fingerprint density at radius 2 is 2.35 bits per heavy atom. The summed E-state index contributed by atoms with van der Waals surface area (Å²) in [4.78, 5) is 2.52. The van der Waals surface area contributed by atoms with Gasteiger partial charge in [-0.2, -0.15) is 5.10 Å². The van der Waals surface area contributed by atoms with Crippen LogP contribution in [0.4, 0.5) is 0 Å². The molecule has 0 amide bonds. The van der Waals surface area contributed by atoms with Gasteiger partial charge in [0.25, 0.3) is 0 Å². The van der Waals surface area contributed by atoms with E-state index >= 15 is 0 Å². The lowest BCUT2D eigenvalue weighted by Gasteiger charge is -2.32. The van der Waals surface area contributed by atoms with Gasteiger partial charge in [-0.05, 0) is 51.8 Å². The average Bonchev–Trinajstić information content (AvgIpc) is 2.69. The van der Waals surface area contributed by atoms with Crippen LogP contribution in [-0.4, -0.2) is 34.3 Å². The molecule has 1 atom stereocenters. The smallest absolute Gasteiger partial charge is 0.0597 e. The van der Waals surface area contributed by atoms with Crippen molar-refractivity contribution in [2.75, 3.05) is 19.6 Å². The van der Waals surface area contributed by atoms with Crippen LogP contribution in [0.2, 0.25) is 0 Å². The van der Waals surface area contributed by atoms with Crippen molar-refractivity contribution in [2.45, 2.75) is 39.8 Å². The first kappa shape index (κ1) is 12.6. The van der Waals surface area contributed by atoms with Gasteiger partial charge in [0.15, 0.2) is 0 Å². The molecule has 4 heteroatoms. The van der Waals surface area contributed by atoms with Gasteiger partial charge in [0.2, 0.25) is 0 Å². The highest BCUT2D eigenvalue weighted by Gasteiger charge is 2.19. The molecule has 1 aliphatic rings. The minimum atomic E-state index is 0.683. The lowest BCUT2D eigenvalue weighted by Crippen LogP contribution is -2.38. The van der Waals surface area contributed by atoms with E-state index in [2.05, 4.69) is 34.6 Å². The first-order valence-corrected chi connectivity index (χ1v) is 6.68. The first-order chi connectivity index (χ1) is 8.22. The molecule has 2 rings (SSSR count). The zero-order valence-corrected chi connectivity index (χ0v) is 11.0. The van der Waals surface area contributed by atoms with Crippen LogP contribution in [0.15, 0.2) is 6.07 Å². The number of nitrogens with two attached hydrogens (primary N) is 1. The van der Waals surface area contributed by atoms with Crippen molar-refractivity contribution in [2.24, 2.45) is 11.7 Å². The van der Waals surface area contributed by atoms with Crippen LogP contribution >= 0.6 is 0 Å². The Bertz CT molecular complexity index is 358. The van der Waals surface area contributed by atoms with Crippen LogP contribution in [0.1, 0.15) is 31.2 Å². The molecule has 96 valence electrons. The topological polar surface area (TPSA) is 47.1 Å². The van der Waals surface area contributed by atoms with Gasteiger partial charge >= 0.3 is 0 Å². The molecule has 1 saturated heterocycles. The van der Waals surface area contributed by atoms with E-state index < -0.39 is 0 Å². The molecule has 0 bridgehead atoms. The molecule has 2 heterocycles. The molecule has 17 heavy (non-hydrogen) atoms. The van der Waals surface area contributed by atoms with E-state index in [-0.39, 0.29) is 0 Å². The van der Waals surface area contributed by atoms with Gasteiger partial charge in [0, 0.05) is 19.6 Å². The number of nitrogens with zero attached hydrogens (tertiary/aromatic N) is 3. The molecular formula is C13H24N4. The molecule has 1 aliphatic heterocycles. The normalized spacial score (nSPS) is 21.9. The molecule has 0 aliphatic carbocycles. The quantitative estimate of drug-likeness (QED) is 0.859. The van der Waals surface area contributed by atoms with Gasteiger partial charge in [-0.25, -0.2) is 0 Å². The minimum Gasteiger partial charge on any atom is -0.330 e. The SMILES string of the molecule is CCn1nc(C)cc1CN1CCCC(CN)C1. The lowest BCUT2D eigenvalue weighted by molar-refractivity contribution is 0.167. The highest BCUT2D eigenvalue weighted by atomic mass is 15.3. The van der Waals surface area contributed by atoms with E-state index in [1.807, 2.05) is 0 Å². The second kappa shape index (κ2) is 5.65. The van der Waals surface area contributed by atoms with E-state index in [9.17, 15) is 0 Å². The van der Waals surface area contributed by atoms with Gasteiger partial charge in [-0.15, -0.1) is 0 Å². The Balaban J connectivity index is 1.99. The third kappa shape index (κ3) is 3.07. The van der Waals surface area contributed by atoms with Crippen molar-refractivity contribution in [3.05, 3.63) is 17.5 Å². The fourth-order valence-corrected chi connectivity index (χ4v) is 2.72. The molecule has 0 radical (unpaired) electrons. The Morgan fingerprint density at radius 3 is 3.06 bits per heavy atom. The van der Waals surface area contributed by atoms with Crippen molar-refractivity contribution in [1.29, 1.82) is 0 Å². The average molecular weight is 236 g/mol. The largest absolute Gasteiger partial charge is 0.330 e. The highest BCUT2D eigenvalue weighted by molar-refractivity contribution is 5.09. The Labute approximate surface area is 104 Å². The third-order valence-corrected chi connectivity index (χ3v) is 3.61. The van der Waals surface area contributed by atoms with Crippen LogP contribution in [0.5, 0.6) is 0 Å². The van der Waals surface area contributed by atoms with Crippen molar-refractivity contribution in [3.8, 4) is 0 Å². The number of piperidine rings is 1. The van der Waals surface area contributed by atoms with Gasteiger partial charge in [0.1, 0.15) is 0 Å². The van der Waals surface area contributed by atoms with Crippen LogP contribution < -0.4 is 5.73 Å². The fourth-order valence-electron chi connectivity index (χ4n) is 2.72. The monoisotopic (exact) mass is 236 g/mol. The molecule has 1 aromatic heterocycles. The summed E-state index contributed by atoms with van der Waals surface area (Å²) in [7, 11) is 0. The van der Waals surface area contributed by atoms with Crippen LogP contribution in [0, 0.1) is 12.8 Å². The van der Waals surface area contributed by atoms with Crippen molar-refractivity contribution < 1.29 is 0 Å². The summed E-state index contributed by atoms with van der Waals surface area (Å²) < 4.78 is 2.11. The number of rotatable bonds is 4. The Morgan fingerprint density at radius 1 is 1.53 bits per heavy atom. The summed E-state index contributed by atoms with van der Waals surface area (Å²) in [5, 5.41) is 4.50. The molecule has 0 aromatic carbocycles. The molecule has 0 saturated carbocycles. The molecule has 1 unspecified atom stereocenters. The zero-order chi connectivity index (χ0) is 12.3. The summed E-state index contributed by atoms with van der Waals surface area (Å²) >= 11 is 0. The Hall–Kier alpha value is -0.870. The van der Waals surface area contributed by atoms with E-state index in [1.54, 1.807) is 0 Å². The van der Waals surface area contributed by atoms with E-state index in [4.69, 9.17) is 5.73 Å². The van der Waals surface area contributed by atoms with Crippen molar-refractivity contribution >= 4 is 0 Å². The fraction of sp³-hybridized carbons (Fsp3) is 0.769. The molecule has 1 fully saturated rings. The van der Waals surface area contributed by atoms with Crippen molar-refractivity contribution in [1.82, 2.24) is 14.7 Å². The summed E-state index contributed by atoms with van der Waals surface area (Å²) in [6, 6.07) is 2.20. The molecular weight excluding hydrogens is 212 g/mol. The van der Waals surface area contributed by atoms with Crippen LogP contribution in [0.3, 0.4) is 0 Å². The van der Waals surface area contributed by atoms with Crippen LogP contribution in [-0.2, 0) is 13.1 Å². The highest BCUT2D eigenvalue weighted by Crippen LogP contribution is 2.18. The van der Waals surface area contributed by atoms with Gasteiger partial charge in [0.05, 0.1) is 11.4 Å². The van der Waals surface area contributed by atoms with Gasteiger partial charge < -0.3 is 5.73 Å². The number of aryl methyl sites for hydroxylation is 2. The minimum absolute atomic E-state index is 0.683. The summed E-state index contributed by atoms with van der Waals surface area (Å²) in [5.41, 5.74) is 8.23. The number of hydrogen-bond acceptors (Lipinski definition) is 3. The van der Waals surface area contributed by atoms with E-state index in [0.717, 1.165) is 31.9 Å².